The van der Waals surface area contributed by atoms with Gasteiger partial charge in [0.05, 0.1) is 18.4 Å². The zero-order chi connectivity index (χ0) is 22.8. The number of anilines is 1. The smallest absolute Gasteiger partial charge is 0.340 e. The highest BCUT2D eigenvalue weighted by atomic mass is 32.1. The second kappa shape index (κ2) is 8.92. The molecule has 0 atom stereocenters. The molecule has 0 unspecified atom stereocenters. The molecule has 0 bridgehead atoms. The molecule has 164 valence electrons. The van der Waals surface area contributed by atoms with E-state index in [2.05, 4.69) is 40.5 Å². The number of nitrogens with one attached hydrogen (secondary N) is 1. The first-order valence-electron chi connectivity index (χ1n) is 10.3. The summed E-state index contributed by atoms with van der Waals surface area (Å²) in [6.45, 7) is 5.95. The van der Waals surface area contributed by atoms with Crippen molar-refractivity contribution < 1.29 is 14.3 Å². The van der Waals surface area contributed by atoms with Crippen LogP contribution in [-0.4, -0.2) is 33.8 Å². The number of methoxy groups -OCH3 is 1. The molecule has 7 nitrogen and oxygen atoms in total. The van der Waals surface area contributed by atoms with Crippen molar-refractivity contribution >= 4 is 39.2 Å². The molecule has 32 heavy (non-hydrogen) atoms. The maximum Gasteiger partial charge on any atom is 0.340 e. The van der Waals surface area contributed by atoms with Crippen molar-refractivity contribution in [2.45, 2.75) is 33.7 Å². The summed E-state index contributed by atoms with van der Waals surface area (Å²) in [7, 11) is 1.33. The molecular weight excluding hydrogens is 424 g/mol. The van der Waals surface area contributed by atoms with Crippen LogP contribution in [0.5, 0.6) is 0 Å². The third-order valence-electron chi connectivity index (χ3n) is 5.22. The minimum Gasteiger partial charge on any atom is -0.465 e. The fraction of sp³-hybridized carbons (Fsp3) is 0.250. The first-order valence-corrected chi connectivity index (χ1v) is 11.1. The number of fused-ring (bicyclic) bond motifs is 1. The van der Waals surface area contributed by atoms with Gasteiger partial charge in [0.25, 0.3) is 0 Å². The van der Waals surface area contributed by atoms with E-state index in [-0.39, 0.29) is 12.5 Å². The minimum absolute atomic E-state index is 0.0193. The van der Waals surface area contributed by atoms with Crippen LogP contribution in [0.3, 0.4) is 0 Å². The number of ether oxygens (including phenoxy) is 1. The van der Waals surface area contributed by atoms with Crippen LogP contribution in [0.4, 0.5) is 5.00 Å². The second-order valence-corrected chi connectivity index (χ2v) is 8.66. The molecule has 0 radical (unpaired) electrons. The van der Waals surface area contributed by atoms with Gasteiger partial charge < -0.3 is 10.1 Å². The molecule has 0 saturated heterocycles. The summed E-state index contributed by atoms with van der Waals surface area (Å²) in [4.78, 5) is 30.4. The zero-order valence-electron chi connectivity index (χ0n) is 18.4. The SMILES string of the molecule is CCc1cc(C(=O)OC)c(NC(=O)Cn2nc(C)c3c(-c4cccc(C)c4)ccnc32)s1. The van der Waals surface area contributed by atoms with Gasteiger partial charge >= 0.3 is 5.97 Å². The molecule has 3 heterocycles. The number of nitrogens with zero attached hydrogens (tertiary/aromatic N) is 3. The number of pyridine rings is 1. The molecule has 0 saturated carbocycles. The van der Waals surface area contributed by atoms with Crippen molar-refractivity contribution in [3.63, 3.8) is 0 Å². The Morgan fingerprint density at radius 2 is 2.00 bits per heavy atom. The molecule has 0 aliphatic rings. The van der Waals surface area contributed by atoms with Gasteiger partial charge in [-0.2, -0.15) is 5.10 Å². The van der Waals surface area contributed by atoms with Gasteiger partial charge in [-0.05, 0) is 43.5 Å². The maximum atomic E-state index is 12.8. The van der Waals surface area contributed by atoms with Gasteiger partial charge in [-0.1, -0.05) is 36.8 Å². The van der Waals surface area contributed by atoms with Gasteiger partial charge in [0, 0.05) is 16.5 Å². The van der Waals surface area contributed by atoms with E-state index in [1.165, 1.54) is 24.0 Å². The number of carbonyl (C=O) groups is 2. The molecule has 3 aromatic heterocycles. The Morgan fingerprint density at radius 3 is 2.72 bits per heavy atom. The van der Waals surface area contributed by atoms with E-state index in [1.54, 1.807) is 16.9 Å². The lowest BCUT2D eigenvalue weighted by atomic mass is 10.0. The van der Waals surface area contributed by atoms with Gasteiger partial charge in [0.15, 0.2) is 5.65 Å². The highest BCUT2D eigenvalue weighted by Gasteiger charge is 2.20. The lowest BCUT2D eigenvalue weighted by Crippen LogP contribution is -2.20. The monoisotopic (exact) mass is 448 g/mol. The van der Waals surface area contributed by atoms with Gasteiger partial charge in [0.2, 0.25) is 5.91 Å². The molecule has 1 aromatic carbocycles. The number of aromatic nitrogens is 3. The topological polar surface area (TPSA) is 86.1 Å². The predicted octanol–water partition coefficient (Wildman–Crippen LogP) is 4.76. The molecule has 1 amide bonds. The van der Waals surface area contributed by atoms with Crippen LogP contribution < -0.4 is 5.32 Å². The summed E-state index contributed by atoms with van der Waals surface area (Å²) in [5, 5.41) is 8.84. The van der Waals surface area contributed by atoms with Crippen LogP contribution in [0, 0.1) is 13.8 Å². The normalized spacial score (nSPS) is 11.0. The third kappa shape index (κ3) is 4.13. The highest BCUT2D eigenvalue weighted by Crippen LogP contribution is 2.31. The summed E-state index contributed by atoms with van der Waals surface area (Å²) < 4.78 is 6.45. The quantitative estimate of drug-likeness (QED) is 0.430. The van der Waals surface area contributed by atoms with Gasteiger partial charge in [0.1, 0.15) is 11.5 Å². The zero-order valence-corrected chi connectivity index (χ0v) is 19.2. The van der Waals surface area contributed by atoms with E-state index in [0.717, 1.165) is 33.5 Å². The van der Waals surface area contributed by atoms with E-state index in [1.807, 2.05) is 26.0 Å². The van der Waals surface area contributed by atoms with Crippen molar-refractivity contribution in [3.05, 3.63) is 64.3 Å². The first kappa shape index (κ1) is 21.7. The minimum atomic E-state index is -0.471. The number of rotatable bonds is 6. The fourth-order valence-electron chi connectivity index (χ4n) is 3.72. The van der Waals surface area contributed by atoms with Crippen LogP contribution in [0.25, 0.3) is 22.2 Å². The molecule has 1 N–H and O–H groups in total. The fourth-order valence-corrected chi connectivity index (χ4v) is 4.72. The number of hydrogen-bond donors (Lipinski definition) is 1. The number of esters is 1. The Hall–Kier alpha value is -3.52. The molecule has 0 fully saturated rings. The number of amides is 1. The summed E-state index contributed by atoms with van der Waals surface area (Å²) in [5.74, 6) is -0.757. The predicted molar refractivity (Wildman–Crippen MR) is 126 cm³/mol. The summed E-state index contributed by atoms with van der Waals surface area (Å²) in [6.07, 6.45) is 2.50. The summed E-state index contributed by atoms with van der Waals surface area (Å²) in [5.41, 5.74) is 5.09. The maximum absolute atomic E-state index is 12.8. The Balaban J connectivity index is 1.65. The first-order chi connectivity index (χ1) is 15.4. The molecular formula is C24H24N4O3S. The molecule has 8 heteroatoms. The summed E-state index contributed by atoms with van der Waals surface area (Å²) >= 11 is 1.37. The third-order valence-corrected chi connectivity index (χ3v) is 6.42. The Bertz CT molecular complexity index is 1320. The Kier molecular flexibility index (Phi) is 6.05. The number of aryl methyl sites for hydroxylation is 3. The molecule has 0 spiro atoms. The van der Waals surface area contributed by atoms with E-state index < -0.39 is 5.97 Å². The number of benzene rings is 1. The molecule has 4 aromatic rings. The van der Waals surface area contributed by atoms with E-state index in [9.17, 15) is 9.59 Å². The molecule has 0 aliphatic heterocycles. The standard InChI is InChI=1S/C24H24N4O3S/c1-5-17-12-19(24(30)31-4)23(32-17)26-20(29)13-28-22-21(15(3)27-28)18(9-10-25-22)16-8-6-7-14(2)11-16/h6-12H,5,13H2,1-4H3,(H,26,29). The van der Waals surface area contributed by atoms with E-state index in [0.29, 0.717) is 16.2 Å². The van der Waals surface area contributed by atoms with E-state index in [4.69, 9.17) is 4.74 Å². The van der Waals surface area contributed by atoms with Crippen molar-refractivity contribution in [2.75, 3.05) is 12.4 Å². The van der Waals surface area contributed by atoms with Gasteiger partial charge in [-0.25, -0.2) is 14.5 Å². The van der Waals surface area contributed by atoms with Gasteiger partial charge in [-0.15, -0.1) is 11.3 Å². The number of carbonyl (C=O) groups excluding carboxylic acids is 2. The average Bonchev–Trinajstić information content (AvgIpc) is 3.34. The van der Waals surface area contributed by atoms with Crippen molar-refractivity contribution in [3.8, 4) is 11.1 Å². The number of hydrogen-bond acceptors (Lipinski definition) is 6. The number of thiophene rings is 1. The largest absolute Gasteiger partial charge is 0.465 e. The average molecular weight is 449 g/mol. The molecule has 0 aliphatic carbocycles. The lowest BCUT2D eigenvalue weighted by molar-refractivity contribution is -0.116. The highest BCUT2D eigenvalue weighted by molar-refractivity contribution is 7.16. The van der Waals surface area contributed by atoms with Crippen LogP contribution >= 0.6 is 11.3 Å². The van der Waals surface area contributed by atoms with Crippen molar-refractivity contribution in [1.82, 2.24) is 14.8 Å². The van der Waals surface area contributed by atoms with Crippen molar-refractivity contribution in [1.29, 1.82) is 0 Å². The van der Waals surface area contributed by atoms with Crippen LogP contribution in [0.2, 0.25) is 0 Å². The van der Waals surface area contributed by atoms with E-state index >= 15 is 0 Å². The Labute approximate surface area is 190 Å². The Morgan fingerprint density at radius 1 is 1.19 bits per heavy atom. The second-order valence-electron chi connectivity index (χ2n) is 7.52. The lowest BCUT2D eigenvalue weighted by Gasteiger charge is -2.07. The van der Waals surface area contributed by atoms with Crippen LogP contribution in [-0.2, 0) is 22.5 Å². The van der Waals surface area contributed by atoms with Crippen molar-refractivity contribution in [2.24, 2.45) is 0 Å². The van der Waals surface area contributed by atoms with Gasteiger partial charge in [-0.3, -0.25) is 4.79 Å². The molecule has 4 rings (SSSR count). The van der Waals surface area contributed by atoms with Crippen LogP contribution in [0.15, 0.2) is 42.6 Å². The van der Waals surface area contributed by atoms with Crippen LogP contribution in [0.1, 0.15) is 33.4 Å². The summed E-state index contributed by atoms with van der Waals surface area (Å²) in [6, 6.07) is 12.0.